The minimum absolute atomic E-state index is 0.0101. The van der Waals surface area contributed by atoms with Crippen LogP contribution in [-0.2, 0) is 12.4 Å². The fourth-order valence-corrected chi connectivity index (χ4v) is 2.07. The van der Waals surface area contributed by atoms with E-state index in [0.717, 1.165) is 6.08 Å². The molecular weight excluding hydrogens is 326 g/mol. The normalized spacial score (nSPS) is 17.5. The summed E-state index contributed by atoms with van der Waals surface area (Å²) in [5.41, 5.74) is -3.69. The van der Waals surface area contributed by atoms with E-state index >= 15 is 0 Å². The van der Waals surface area contributed by atoms with E-state index in [-0.39, 0.29) is 6.07 Å². The van der Waals surface area contributed by atoms with Gasteiger partial charge in [-0.05, 0) is 18.2 Å². The van der Waals surface area contributed by atoms with Crippen molar-refractivity contribution >= 4 is 5.78 Å². The van der Waals surface area contributed by atoms with Crippen molar-refractivity contribution in [2.75, 3.05) is 20.1 Å². The zero-order valence-electron chi connectivity index (χ0n) is 11.8. The van der Waals surface area contributed by atoms with Crippen LogP contribution in [0.2, 0.25) is 0 Å². The second-order valence-electron chi connectivity index (χ2n) is 5.04. The van der Waals surface area contributed by atoms with Gasteiger partial charge in [0.25, 0.3) is 0 Å². The van der Waals surface area contributed by atoms with Crippen LogP contribution in [0.3, 0.4) is 0 Å². The molecule has 0 aromatic heterocycles. The van der Waals surface area contributed by atoms with E-state index in [9.17, 15) is 31.1 Å². The highest BCUT2D eigenvalue weighted by Gasteiger charge is 2.37. The van der Waals surface area contributed by atoms with Crippen LogP contribution in [-0.4, -0.2) is 30.8 Å². The second kappa shape index (κ2) is 5.78. The first-order valence-electron chi connectivity index (χ1n) is 6.49. The minimum atomic E-state index is -4.98. The van der Waals surface area contributed by atoms with Crippen LogP contribution in [0.4, 0.5) is 26.3 Å². The Balaban J connectivity index is 2.47. The van der Waals surface area contributed by atoms with E-state index in [0.29, 0.717) is 31.0 Å². The predicted molar refractivity (Wildman–Crippen MR) is 69.5 cm³/mol. The molecule has 1 aromatic rings. The molecule has 1 N–H and O–H groups in total. The molecule has 0 unspecified atom stereocenters. The molecule has 0 aliphatic carbocycles. The van der Waals surface area contributed by atoms with Gasteiger partial charge in [0.1, 0.15) is 5.82 Å². The smallest absolute Gasteiger partial charge is 0.370 e. The first kappa shape index (κ1) is 17.2. The Morgan fingerprint density at radius 2 is 1.61 bits per heavy atom. The summed E-state index contributed by atoms with van der Waals surface area (Å²) in [5.74, 6) is -0.584. The van der Waals surface area contributed by atoms with E-state index < -0.39 is 34.8 Å². The molecule has 1 heterocycles. The van der Waals surface area contributed by atoms with E-state index in [1.165, 1.54) is 0 Å². The maximum Gasteiger partial charge on any atom is 0.416 e. The zero-order chi connectivity index (χ0) is 17.4. The van der Waals surface area contributed by atoms with Crippen LogP contribution < -0.4 is 5.32 Å². The average Bonchev–Trinajstić information content (AvgIpc) is 2.82. The lowest BCUT2D eigenvalue weighted by Crippen LogP contribution is -2.17. The summed E-state index contributed by atoms with van der Waals surface area (Å²) in [7, 11) is 1.65. The van der Waals surface area contributed by atoms with Crippen LogP contribution >= 0.6 is 0 Å². The fraction of sp³-hybridized carbons (Fsp3) is 0.357. The van der Waals surface area contributed by atoms with Crippen molar-refractivity contribution < 1.29 is 31.1 Å². The molecule has 126 valence electrons. The highest BCUT2D eigenvalue weighted by atomic mass is 19.4. The van der Waals surface area contributed by atoms with Crippen molar-refractivity contribution in [2.45, 2.75) is 12.4 Å². The third kappa shape index (κ3) is 3.96. The Morgan fingerprint density at radius 1 is 1.09 bits per heavy atom. The molecule has 3 nitrogen and oxygen atoms in total. The van der Waals surface area contributed by atoms with Gasteiger partial charge in [-0.15, -0.1) is 0 Å². The number of ketones is 1. The van der Waals surface area contributed by atoms with Crippen molar-refractivity contribution in [1.29, 1.82) is 0 Å². The lowest BCUT2D eigenvalue weighted by molar-refractivity contribution is -0.143. The van der Waals surface area contributed by atoms with Gasteiger partial charge in [0.05, 0.1) is 11.1 Å². The van der Waals surface area contributed by atoms with Gasteiger partial charge in [-0.3, -0.25) is 4.79 Å². The van der Waals surface area contributed by atoms with Gasteiger partial charge in [0.15, 0.2) is 5.78 Å². The number of allylic oxidation sites excluding steroid dienone is 1. The number of alkyl halides is 6. The van der Waals surface area contributed by atoms with E-state index in [2.05, 4.69) is 5.32 Å². The van der Waals surface area contributed by atoms with Gasteiger partial charge in [-0.1, -0.05) is 0 Å². The first-order chi connectivity index (χ1) is 10.5. The maximum absolute atomic E-state index is 12.8. The Hall–Kier alpha value is -2.19. The number of halogens is 6. The largest absolute Gasteiger partial charge is 0.416 e. The number of hydrogen-bond donors (Lipinski definition) is 1. The molecule has 0 amide bonds. The zero-order valence-corrected chi connectivity index (χ0v) is 11.8. The molecule has 1 aliphatic rings. The molecule has 0 spiro atoms. The number of carbonyl (C=O) groups excluding carboxylic acids is 1. The molecule has 0 bridgehead atoms. The van der Waals surface area contributed by atoms with Gasteiger partial charge in [-0.2, -0.15) is 26.3 Å². The fourth-order valence-electron chi connectivity index (χ4n) is 2.07. The standard InChI is InChI=1S/C14H12F6N2O/c1-22-3-2-21-12(22)7-11(23)8-4-9(13(15,16)17)6-10(5-8)14(18,19)20/h4-7,21H,2-3H2,1H3/b12-7+. The van der Waals surface area contributed by atoms with Crippen LogP contribution in [0.25, 0.3) is 0 Å². The van der Waals surface area contributed by atoms with E-state index in [4.69, 9.17) is 0 Å². The monoisotopic (exact) mass is 338 g/mol. The molecule has 23 heavy (non-hydrogen) atoms. The van der Waals surface area contributed by atoms with Crippen LogP contribution in [0.5, 0.6) is 0 Å². The molecule has 1 saturated heterocycles. The SMILES string of the molecule is CN1CCN/C1=C\C(=O)c1cc(C(F)(F)F)cc(C(F)(F)F)c1. The Kier molecular flexibility index (Phi) is 4.32. The number of nitrogens with zero attached hydrogens (tertiary/aromatic N) is 1. The molecule has 0 saturated carbocycles. The maximum atomic E-state index is 12.8. The lowest BCUT2D eigenvalue weighted by atomic mass is 10.0. The number of nitrogens with one attached hydrogen (secondary N) is 1. The minimum Gasteiger partial charge on any atom is -0.370 e. The summed E-state index contributed by atoms with van der Waals surface area (Å²) in [5, 5.41) is 2.82. The number of hydrogen-bond acceptors (Lipinski definition) is 3. The molecule has 0 atom stereocenters. The summed E-state index contributed by atoms with van der Waals surface area (Å²) < 4.78 is 76.5. The van der Waals surface area contributed by atoms with Gasteiger partial charge >= 0.3 is 12.4 Å². The molecule has 0 radical (unpaired) electrons. The Bertz CT molecular complexity index is 615. The van der Waals surface area contributed by atoms with Crippen LogP contribution in [0, 0.1) is 0 Å². The summed E-state index contributed by atoms with van der Waals surface area (Å²) in [4.78, 5) is 13.7. The quantitative estimate of drug-likeness (QED) is 0.510. The van der Waals surface area contributed by atoms with Crippen molar-refractivity contribution in [2.24, 2.45) is 0 Å². The Morgan fingerprint density at radius 3 is 2.00 bits per heavy atom. The van der Waals surface area contributed by atoms with Crippen molar-refractivity contribution in [3.63, 3.8) is 0 Å². The summed E-state index contributed by atoms with van der Waals surface area (Å²) in [6, 6.07) is 0.830. The number of likely N-dealkylation sites (N-methyl/N-ethyl adjacent to an activating group) is 1. The van der Waals surface area contributed by atoms with Crippen LogP contribution in [0.1, 0.15) is 21.5 Å². The topological polar surface area (TPSA) is 32.3 Å². The molecule has 1 aliphatic heterocycles. The lowest BCUT2D eigenvalue weighted by Gasteiger charge is -2.14. The molecule has 9 heteroatoms. The third-order valence-electron chi connectivity index (χ3n) is 3.30. The van der Waals surface area contributed by atoms with Gasteiger partial charge in [0, 0.05) is 31.8 Å². The van der Waals surface area contributed by atoms with Crippen molar-refractivity contribution in [3.05, 3.63) is 46.8 Å². The number of carbonyl (C=O) groups is 1. The number of benzene rings is 1. The van der Waals surface area contributed by atoms with Gasteiger partial charge in [-0.25, -0.2) is 0 Å². The van der Waals surface area contributed by atoms with E-state index in [1.807, 2.05) is 0 Å². The van der Waals surface area contributed by atoms with Crippen LogP contribution in [0.15, 0.2) is 30.1 Å². The number of rotatable bonds is 2. The summed E-state index contributed by atoms with van der Waals surface area (Å²) in [6.07, 6.45) is -8.97. The highest BCUT2D eigenvalue weighted by Crippen LogP contribution is 2.36. The molecular formula is C14H12F6N2O. The Labute approximate surface area is 127 Å². The summed E-state index contributed by atoms with van der Waals surface area (Å²) >= 11 is 0. The van der Waals surface area contributed by atoms with Crippen molar-refractivity contribution in [1.82, 2.24) is 10.2 Å². The van der Waals surface area contributed by atoms with E-state index in [1.54, 1.807) is 11.9 Å². The second-order valence-corrected chi connectivity index (χ2v) is 5.04. The molecule has 1 fully saturated rings. The van der Waals surface area contributed by atoms with Crippen molar-refractivity contribution in [3.8, 4) is 0 Å². The molecule has 2 rings (SSSR count). The predicted octanol–water partition coefficient (Wildman–Crippen LogP) is 3.28. The van der Waals surface area contributed by atoms with Gasteiger partial charge in [0.2, 0.25) is 0 Å². The first-order valence-corrected chi connectivity index (χ1v) is 6.49. The third-order valence-corrected chi connectivity index (χ3v) is 3.30. The van der Waals surface area contributed by atoms with Gasteiger partial charge < -0.3 is 10.2 Å². The average molecular weight is 338 g/mol. The highest BCUT2D eigenvalue weighted by molar-refractivity contribution is 6.05. The summed E-state index contributed by atoms with van der Waals surface area (Å²) in [6.45, 7) is 1.11. The molecule has 1 aromatic carbocycles.